The highest BCUT2D eigenvalue weighted by atomic mass is 35.5. The third kappa shape index (κ3) is 3.08. The zero-order valence-corrected chi connectivity index (χ0v) is 10.3. The molecule has 0 bridgehead atoms. The van der Waals surface area contributed by atoms with Gasteiger partial charge in [-0.15, -0.1) is 0 Å². The number of anilines is 1. The molecule has 4 heteroatoms. The SMILES string of the molecule is CC(C)CN(C)c1nccc(CN)c1Cl. The summed E-state index contributed by atoms with van der Waals surface area (Å²) >= 11 is 6.20. The Balaban J connectivity index is 2.93. The molecule has 0 aliphatic heterocycles. The Morgan fingerprint density at radius 1 is 1.53 bits per heavy atom. The monoisotopic (exact) mass is 227 g/mol. The zero-order valence-electron chi connectivity index (χ0n) is 9.50. The summed E-state index contributed by atoms with van der Waals surface area (Å²) in [4.78, 5) is 6.34. The Labute approximate surface area is 96.2 Å². The average molecular weight is 228 g/mol. The number of hydrogen-bond acceptors (Lipinski definition) is 3. The maximum Gasteiger partial charge on any atom is 0.147 e. The van der Waals surface area contributed by atoms with Gasteiger partial charge in [0.05, 0.1) is 5.02 Å². The van der Waals surface area contributed by atoms with Crippen molar-refractivity contribution in [2.24, 2.45) is 11.7 Å². The number of nitrogens with two attached hydrogens (primary N) is 1. The van der Waals surface area contributed by atoms with E-state index in [0.29, 0.717) is 17.5 Å². The number of halogens is 1. The van der Waals surface area contributed by atoms with E-state index < -0.39 is 0 Å². The summed E-state index contributed by atoms with van der Waals surface area (Å²) in [5.41, 5.74) is 6.53. The molecule has 0 spiro atoms. The molecule has 0 amide bonds. The van der Waals surface area contributed by atoms with Crippen molar-refractivity contribution in [1.82, 2.24) is 4.98 Å². The first-order valence-corrected chi connectivity index (χ1v) is 5.48. The van der Waals surface area contributed by atoms with Gasteiger partial charge in [0.1, 0.15) is 5.82 Å². The lowest BCUT2D eigenvalue weighted by Gasteiger charge is -2.22. The Hall–Kier alpha value is -0.800. The highest BCUT2D eigenvalue weighted by Gasteiger charge is 2.11. The van der Waals surface area contributed by atoms with Crippen LogP contribution in [0.2, 0.25) is 5.02 Å². The lowest BCUT2D eigenvalue weighted by atomic mass is 10.2. The Morgan fingerprint density at radius 2 is 2.20 bits per heavy atom. The highest BCUT2D eigenvalue weighted by Crippen LogP contribution is 2.26. The topological polar surface area (TPSA) is 42.2 Å². The van der Waals surface area contributed by atoms with Gasteiger partial charge in [-0.2, -0.15) is 0 Å². The molecule has 1 heterocycles. The molecule has 0 aliphatic rings. The smallest absolute Gasteiger partial charge is 0.147 e. The molecule has 1 rings (SSSR count). The van der Waals surface area contributed by atoms with Gasteiger partial charge in [0, 0.05) is 26.3 Å². The normalized spacial score (nSPS) is 10.8. The number of aromatic nitrogens is 1. The van der Waals surface area contributed by atoms with E-state index in [1.54, 1.807) is 6.20 Å². The summed E-state index contributed by atoms with van der Waals surface area (Å²) in [5.74, 6) is 1.39. The van der Waals surface area contributed by atoms with E-state index in [1.165, 1.54) is 0 Å². The number of nitrogens with zero attached hydrogens (tertiary/aromatic N) is 2. The van der Waals surface area contributed by atoms with E-state index in [2.05, 4.69) is 23.7 Å². The molecule has 0 unspecified atom stereocenters. The van der Waals surface area contributed by atoms with E-state index in [4.69, 9.17) is 17.3 Å². The molecule has 0 aliphatic carbocycles. The predicted molar refractivity (Wildman–Crippen MR) is 65.2 cm³/mol. The van der Waals surface area contributed by atoms with E-state index in [0.717, 1.165) is 17.9 Å². The summed E-state index contributed by atoms with van der Waals surface area (Å²) < 4.78 is 0. The summed E-state index contributed by atoms with van der Waals surface area (Å²) in [6.07, 6.45) is 1.75. The molecule has 0 saturated carbocycles. The van der Waals surface area contributed by atoms with Gasteiger partial charge in [0.2, 0.25) is 0 Å². The summed E-state index contributed by atoms with van der Waals surface area (Å²) in [6, 6.07) is 1.86. The maximum absolute atomic E-state index is 6.20. The van der Waals surface area contributed by atoms with E-state index >= 15 is 0 Å². The molecule has 1 aromatic rings. The largest absolute Gasteiger partial charge is 0.358 e. The van der Waals surface area contributed by atoms with Gasteiger partial charge in [0.15, 0.2) is 0 Å². The van der Waals surface area contributed by atoms with Crippen molar-refractivity contribution in [2.75, 3.05) is 18.5 Å². The fraction of sp³-hybridized carbons (Fsp3) is 0.545. The van der Waals surface area contributed by atoms with Crippen molar-refractivity contribution < 1.29 is 0 Å². The molecule has 0 aromatic carbocycles. The van der Waals surface area contributed by atoms with Crippen molar-refractivity contribution in [2.45, 2.75) is 20.4 Å². The molecular weight excluding hydrogens is 210 g/mol. The van der Waals surface area contributed by atoms with Crippen molar-refractivity contribution in [3.8, 4) is 0 Å². The molecule has 1 aromatic heterocycles. The van der Waals surface area contributed by atoms with E-state index in [9.17, 15) is 0 Å². The first kappa shape index (κ1) is 12.3. The van der Waals surface area contributed by atoms with Crippen LogP contribution < -0.4 is 10.6 Å². The lowest BCUT2D eigenvalue weighted by molar-refractivity contribution is 0.634. The number of rotatable bonds is 4. The number of hydrogen-bond donors (Lipinski definition) is 1. The summed E-state index contributed by atoms with van der Waals surface area (Å²) in [7, 11) is 1.99. The quantitative estimate of drug-likeness (QED) is 0.858. The second-order valence-electron chi connectivity index (χ2n) is 4.09. The van der Waals surface area contributed by atoms with Crippen LogP contribution in [0, 0.1) is 5.92 Å². The van der Waals surface area contributed by atoms with Crippen LogP contribution in [0.1, 0.15) is 19.4 Å². The van der Waals surface area contributed by atoms with Gasteiger partial charge in [-0.3, -0.25) is 0 Å². The molecule has 0 saturated heterocycles. The van der Waals surface area contributed by atoms with Crippen molar-refractivity contribution in [1.29, 1.82) is 0 Å². The predicted octanol–water partition coefficient (Wildman–Crippen LogP) is 2.29. The van der Waals surface area contributed by atoms with Crippen LogP contribution in [0.4, 0.5) is 5.82 Å². The van der Waals surface area contributed by atoms with Crippen LogP contribution in [-0.4, -0.2) is 18.6 Å². The van der Waals surface area contributed by atoms with Gasteiger partial charge in [-0.25, -0.2) is 4.98 Å². The number of pyridine rings is 1. The van der Waals surface area contributed by atoms with Gasteiger partial charge in [0.25, 0.3) is 0 Å². The molecule has 84 valence electrons. The third-order valence-electron chi connectivity index (χ3n) is 2.17. The molecule has 0 fully saturated rings. The minimum Gasteiger partial charge on any atom is -0.358 e. The minimum atomic E-state index is 0.448. The van der Waals surface area contributed by atoms with Crippen LogP contribution in [0.5, 0.6) is 0 Å². The summed E-state index contributed by atoms with van der Waals surface area (Å²) in [6.45, 7) is 5.71. The van der Waals surface area contributed by atoms with Crippen LogP contribution >= 0.6 is 11.6 Å². The molecule has 3 nitrogen and oxygen atoms in total. The maximum atomic E-state index is 6.20. The fourth-order valence-corrected chi connectivity index (χ4v) is 1.86. The van der Waals surface area contributed by atoms with E-state index in [-0.39, 0.29) is 0 Å². The first-order chi connectivity index (χ1) is 7.06. The van der Waals surface area contributed by atoms with E-state index in [1.807, 2.05) is 13.1 Å². The third-order valence-corrected chi connectivity index (χ3v) is 2.58. The minimum absolute atomic E-state index is 0.448. The van der Waals surface area contributed by atoms with Gasteiger partial charge >= 0.3 is 0 Å². The van der Waals surface area contributed by atoms with Crippen LogP contribution in [0.3, 0.4) is 0 Å². The van der Waals surface area contributed by atoms with Gasteiger partial charge < -0.3 is 10.6 Å². The first-order valence-electron chi connectivity index (χ1n) is 5.10. The standard InChI is InChI=1S/C11H18ClN3/c1-8(2)7-15(3)11-10(12)9(6-13)4-5-14-11/h4-5,8H,6-7,13H2,1-3H3. The van der Waals surface area contributed by atoms with Crippen molar-refractivity contribution in [3.63, 3.8) is 0 Å². The Bertz CT molecular complexity index is 326. The molecule has 15 heavy (non-hydrogen) atoms. The highest BCUT2D eigenvalue weighted by molar-refractivity contribution is 6.33. The van der Waals surface area contributed by atoms with Gasteiger partial charge in [-0.05, 0) is 17.5 Å². The second-order valence-corrected chi connectivity index (χ2v) is 4.46. The zero-order chi connectivity index (χ0) is 11.4. The Morgan fingerprint density at radius 3 is 2.73 bits per heavy atom. The fourth-order valence-electron chi connectivity index (χ4n) is 1.53. The molecule has 0 radical (unpaired) electrons. The second kappa shape index (κ2) is 5.33. The van der Waals surface area contributed by atoms with Crippen molar-refractivity contribution >= 4 is 17.4 Å². The average Bonchev–Trinajstić information content (AvgIpc) is 2.17. The summed E-state index contributed by atoms with van der Waals surface area (Å²) in [5, 5.41) is 0.670. The lowest BCUT2D eigenvalue weighted by Crippen LogP contribution is -2.24. The molecular formula is C11H18ClN3. The molecule has 2 N–H and O–H groups in total. The van der Waals surface area contributed by atoms with Gasteiger partial charge in [-0.1, -0.05) is 25.4 Å². The van der Waals surface area contributed by atoms with Crippen LogP contribution in [0.15, 0.2) is 12.3 Å². The Kier molecular flexibility index (Phi) is 4.36. The van der Waals surface area contributed by atoms with Crippen LogP contribution in [-0.2, 0) is 6.54 Å². The molecule has 0 atom stereocenters. The van der Waals surface area contributed by atoms with Crippen molar-refractivity contribution in [3.05, 3.63) is 22.8 Å². The van der Waals surface area contributed by atoms with Crippen LogP contribution in [0.25, 0.3) is 0 Å².